The number of hydrogen-bond donors (Lipinski definition) is 3. The van der Waals surface area contributed by atoms with E-state index >= 15 is 0 Å². The number of piperazine rings is 1. The number of urea groups is 1. The Morgan fingerprint density at radius 2 is 1.72 bits per heavy atom. The summed E-state index contributed by atoms with van der Waals surface area (Å²) in [6.45, 7) is 1.43. The molecule has 4 rings (SSSR count). The number of nitrogens with one attached hydrogen (secondary N) is 3. The lowest BCUT2D eigenvalue weighted by Gasteiger charge is -2.34. The largest absolute Gasteiger partial charge is 0.486 e. The minimum absolute atomic E-state index is 0.213. The van der Waals surface area contributed by atoms with Crippen molar-refractivity contribution in [1.82, 2.24) is 10.2 Å². The second kappa shape index (κ2) is 9.54. The molecule has 0 radical (unpaired) electrons. The van der Waals surface area contributed by atoms with Gasteiger partial charge in [0.1, 0.15) is 19.3 Å². The zero-order valence-corrected chi connectivity index (χ0v) is 18.3. The lowest BCUT2D eigenvalue weighted by atomic mass is 10.1. The number of fused-ring (bicyclic) bond motifs is 1. The molecule has 11 heteroatoms. The number of amides is 4. The van der Waals surface area contributed by atoms with Crippen LogP contribution in [0.25, 0.3) is 0 Å². The first kappa shape index (κ1) is 22.0. The van der Waals surface area contributed by atoms with Gasteiger partial charge in [-0.15, -0.1) is 0 Å². The van der Waals surface area contributed by atoms with E-state index in [4.69, 9.17) is 32.7 Å². The third kappa shape index (κ3) is 5.00. The topological polar surface area (TPSA) is 109 Å². The number of carbonyl (C=O) groups is 3. The number of hydrogen-bond acceptors (Lipinski definition) is 5. The van der Waals surface area contributed by atoms with Gasteiger partial charge >= 0.3 is 6.03 Å². The van der Waals surface area contributed by atoms with E-state index in [1.807, 2.05) is 0 Å². The summed E-state index contributed by atoms with van der Waals surface area (Å²) in [5, 5.41) is 8.76. The van der Waals surface area contributed by atoms with Crippen molar-refractivity contribution in [2.24, 2.45) is 0 Å². The van der Waals surface area contributed by atoms with Gasteiger partial charge < -0.3 is 30.3 Å². The quantitative estimate of drug-likeness (QED) is 0.625. The van der Waals surface area contributed by atoms with Gasteiger partial charge in [-0.3, -0.25) is 9.59 Å². The zero-order valence-electron chi connectivity index (χ0n) is 16.8. The molecule has 0 aromatic heterocycles. The molecule has 2 heterocycles. The van der Waals surface area contributed by atoms with Crippen molar-refractivity contribution >= 4 is 52.4 Å². The Morgan fingerprint density at radius 1 is 1.00 bits per heavy atom. The van der Waals surface area contributed by atoms with E-state index in [1.54, 1.807) is 30.3 Å². The van der Waals surface area contributed by atoms with E-state index in [2.05, 4.69) is 16.0 Å². The fourth-order valence-corrected chi connectivity index (χ4v) is 3.74. The molecule has 9 nitrogen and oxygen atoms in total. The van der Waals surface area contributed by atoms with Crippen LogP contribution in [0.4, 0.5) is 16.2 Å². The molecule has 1 saturated heterocycles. The van der Waals surface area contributed by atoms with E-state index in [0.717, 1.165) is 0 Å². The Morgan fingerprint density at radius 3 is 2.50 bits per heavy atom. The van der Waals surface area contributed by atoms with Gasteiger partial charge in [0.15, 0.2) is 11.5 Å². The molecule has 1 fully saturated rings. The van der Waals surface area contributed by atoms with E-state index < -0.39 is 23.9 Å². The van der Waals surface area contributed by atoms with E-state index in [9.17, 15) is 14.4 Å². The summed E-state index contributed by atoms with van der Waals surface area (Å²) in [5.41, 5.74) is 0.928. The van der Waals surface area contributed by atoms with Gasteiger partial charge in [-0.05, 0) is 30.3 Å². The van der Waals surface area contributed by atoms with Crippen LogP contribution in [0, 0.1) is 0 Å². The average Bonchev–Trinajstić information content (AvgIpc) is 2.77. The van der Waals surface area contributed by atoms with Crippen LogP contribution in [0.3, 0.4) is 0 Å². The molecular weight excluding hydrogens is 459 g/mol. The van der Waals surface area contributed by atoms with Gasteiger partial charge in [-0.1, -0.05) is 23.2 Å². The van der Waals surface area contributed by atoms with Crippen LogP contribution in [0.5, 0.6) is 11.5 Å². The first-order chi connectivity index (χ1) is 15.4. The normalized spacial score (nSPS) is 17.4. The molecule has 0 saturated carbocycles. The van der Waals surface area contributed by atoms with Crippen molar-refractivity contribution in [3.05, 3.63) is 46.4 Å². The van der Waals surface area contributed by atoms with Crippen LogP contribution in [0.1, 0.15) is 6.42 Å². The lowest BCUT2D eigenvalue weighted by Crippen LogP contribution is -2.59. The molecule has 0 spiro atoms. The first-order valence-corrected chi connectivity index (χ1v) is 10.7. The fraction of sp³-hybridized carbons (Fsp3) is 0.286. The van der Waals surface area contributed by atoms with Crippen molar-refractivity contribution in [3.63, 3.8) is 0 Å². The molecule has 4 amide bonds. The molecule has 2 aliphatic heterocycles. The summed E-state index contributed by atoms with van der Waals surface area (Å²) in [4.78, 5) is 39.2. The van der Waals surface area contributed by atoms with Crippen LogP contribution in [0.15, 0.2) is 36.4 Å². The molecule has 1 atom stereocenters. The molecule has 2 aromatic carbocycles. The molecule has 32 heavy (non-hydrogen) atoms. The minimum atomic E-state index is -0.969. The lowest BCUT2D eigenvalue weighted by molar-refractivity contribution is -0.130. The number of nitrogens with zero attached hydrogens (tertiary/aromatic N) is 1. The summed E-state index contributed by atoms with van der Waals surface area (Å²) in [7, 11) is 0. The standard InChI is InChI=1S/C21H20Cl2N4O5/c22-14-3-1-12(9-15(14)23)26-21(30)27-6-5-24-20(29)16(27)11-19(28)25-13-2-4-17-18(10-13)32-8-7-31-17/h1-4,9-10,16H,5-8,11H2,(H,24,29)(H,25,28)(H,26,30). The van der Waals surface area contributed by atoms with Gasteiger partial charge in [0.25, 0.3) is 0 Å². The molecule has 2 aliphatic rings. The maximum absolute atomic E-state index is 12.8. The Hall–Kier alpha value is -3.17. The molecule has 0 bridgehead atoms. The summed E-state index contributed by atoms with van der Waals surface area (Å²) >= 11 is 11.9. The summed E-state index contributed by atoms with van der Waals surface area (Å²) < 4.78 is 11.0. The number of rotatable bonds is 4. The molecule has 3 N–H and O–H groups in total. The van der Waals surface area contributed by atoms with Crippen molar-refractivity contribution < 1.29 is 23.9 Å². The third-order valence-corrected chi connectivity index (χ3v) is 5.71. The maximum Gasteiger partial charge on any atom is 0.322 e. The third-order valence-electron chi connectivity index (χ3n) is 4.97. The van der Waals surface area contributed by atoms with Crippen LogP contribution >= 0.6 is 23.2 Å². The van der Waals surface area contributed by atoms with E-state index in [1.165, 1.54) is 11.0 Å². The Kier molecular flexibility index (Phi) is 6.57. The number of halogens is 2. The van der Waals surface area contributed by atoms with Crippen molar-refractivity contribution in [3.8, 4) is 11.5 Å². The second-order valence-electron chi connectivity index (χ2n) is 7.17. The van der Waals surface area contributed by atoms with Crippen LogP contribution in [-0.4, -0.2) is 55.1 Å². The average molecular weight is 479 g/mol. The highest BCUT2D eigenvalue weighted by Gasteiger charge is 2.35. The van der Waals surface area contributed by atoms with Crippen LogP contribution < -0.4 is 25.4 Å². The number of carbonyl (C=O) groups excluding carboxylic acids is 3. The molecule has 168 valence electrons. The van der Waals surface area contributed by atoms with Crippen LogP contribution in [0.2, 0.25) is 10.0 Å². The van der Waals surface area contributed by atoms with Gasteiger partial charge in [0, 0.05) is 30.5 Å². The predicted molar refractivity (Wildman–Crippen MR) is 120 cm³/mol. The molecule has 0 aliphatic carbocycles. The van der Waals surface area contributed by atoms with Crippen molar-refractivity contribution in [1.29, 1.82) is 0 Å². The predicted octanol–water partition coefficient (Wildman–Crippen LogP) is 3.13. The zero-order chi connectivity index (χ0) is 22.7. The smallest absolute Gasteiger partial charge is 0.322 e. The van der Waals surface area contributed by atoms with Crippen LogP contribution in [-0.2, 0) is 9.59 Å². The summed E-state index contributed by atoms with van der Waals surface area (Å²) in [6.07, 6.45) is -0.213. The van der Waals surface area contributed by atoms with Gasteiger partial charge in [0.05, 0.1) is 16.5 Å². The first-order valence-electron chi connectivity index (χ1n) is 9.90. The highest BCUT2D eigenvalue weighted by Crippen LogP contribution is 2.32. The second-order valence-corrected chi connectivity index (χ2v) is 7.98. The van der Waals surface area contributed by atoms with E-state index in [-0.39, 0.29) is 24.5 Å². The SMILES string of the molecule is O=C(CC1C(=O)NCCN1C(=O)Nc1ccc(Cl)c(Cl)c1)Nc1ccc2c(c1)OCCO2. The Balaban J connectivity index is 1.42. The van der Waals surface area contributed by atoms with Gasteiger partial charge in [-0.25, -0.2) is 4.79 Å². The van der Waals surface area contributed by atoms with Crippen molar-refractivity contribution in [2.45, 2.75) is 12.5 Å². The van der Waals surface area contributed by atoms with Gasteiger partial charge in [0.2, 0.25) is 11.8 Å². The summed E-state index contributed by atoms with van der Waals surface area (Å²) in [5.74, 6) is 0.312. The number of benzene rings is 2. The van der Waals surface area contributed by atoms with E-state index in [0.29, 0.717) is 41.1 Å². The van der Waals surface area contributed by atoms with Crippen molar-refractivity contribution in [2.75, 3.05) is 36.9 Å². The molecule has 1 unspecified atom stereocenters. The number of anilines is 2. The minimum Gasteiger partial charge on any atom is -0.486 e. The maximum atomic E-state index is 12.8. The highest BCUT2D eigenvalue weighted by molar-refractivity contribution is 6.42. The Bertz CT molecular complexity index is 1060. The monoisotopic (exact) mass is 478 g/mol. The molecule has 2 aromatic rings. The number of ether oxygens (including phenoxy) is 2. The Labute approximate surface area is 193 Å². The fourth-order valence-electron chi connectivity index (χ4n) is 3.44. The van der Waals surface area contributed by atoms with Gasteiger partial charge in [-0.2, -0.15) is 0 Å². The summed E-state index contributed by atoms with van der Waals surface area (Å²) in [6, 6.07) is 8.21. The highest BCUT2D eigenvalue weighted by atomic mass is 35.5. The molecular formula is C21H20Cl2N4O5.